The first-order valence-electron chi connectivity index (χ1n) is 17.9. The van der Waals surface area contributed by atoms with E-state index in [1.165, 1.54) is 6.92 Å². The standard InChI is InChI=1S/C31H54O25/c1-7-13(37)16(40)24(9(3-33)48-7)53-29-21(45)18(42)26(11(5-35)50-29)55-31-23(47)19(43)27(12(6-36)52-31)56-30-22(46)17(41)25(10(4-34)51-30)54-28-20(44)15(39)14(38)8(2-32)49-28/h7-47H,2-6H2,1H3. The quantitative estimate of drug-likeness (QED) is 0.0819. The van der Waals surface area contributed by atoms with Gasteiger partial charge in [0.25, 0.3) is 0 Å². The van der Waals surface area contributed by atoms with E-state index in [4.69, 9.17) is 42.6 Å². The van der Waals surface area contributed by atoms with E-state index in [0.29, 0.717) is 0 Å². The Hall–Kier alpha value is -1.00. The first kappa shape index (κ1) is 46.1. The maximum absolute atomic E-state index is 11.1. The molecule has 25 nitrogen and oxygen atoms in total. The molecule has 25 heteroatoms. The Labute approximate surface area is 317 Å². The molecule has 56 heavy (non-hydrogen) atoms. The van der Waals surface area contributed by atoms with Gasteiger partial charge in [-0.3, -0.25) is 0 Å². The van der Waals surface area contributed by atoms with Gasteiger partial charge >= 0.3 is 0 Å². The number of hydrogen-bond acceptors (Lipinski definition) is 25. The van der Waals surface area contributed by atoms with Gasteiger partial charge in [0.2, 0.25) is 0 Å². The second kappa shape index (κ2) is 19.6. The average molecular weight is 827 g/mol. The summed E-state index contributed by atoms with van der Waals surface area (Å²) in [6, 6.07) is 0. The molecule has 5 rings (SSSR count). The van der Waals surface area contributed by atoms with E-state index in [1.54, 1.807) is 0 Å². The fourth-order valence-corrected chi connectivity index (χ4v) is 7.24. The van der Waals surface area contributed by atoms with Crippen LogP contribution in [0.5, 0.6) is 0 Å². The minimum absolute atomic E-state index is 0.676. The second-order valence-corrected chi connectivity index (χ2v) is 14.3. The monoisotopic (exact) mass is 826 g/mol. The predicted molar refractivity (Wildman–Crippen MR) is 170 cm³/mol. The number of hydrogen-bond donors (Lipinski definition) is 16. The van der Waals surface area contributed by atoms with Gasteiger partial charge in [-0.2, -0.15) is 0 Å². The van der Waals surface area contributed by atoms with Crippen molar-refractivity contribution in [1.82, 2.24) is 0 Å². The first-order chi connectivity index (χ1) is 26.5. The molecule has 0 aliphatic carbocycles. The van der Waals surface area contributed by atoms with Crippen molar-refractivity contribution in [2.24, 2.45) is 0 Å². The van der Waals surface area contributed by atoms with Gasteiger partial charge in [0.05, 0.1) is 39.1 Å². The highest BCUT2D eigenvalue weighted by atomic mass is 16.8. The number of aliphatic hydroxyl groups excluding tert-OH is 16. The van der Waals surface area contributed by atoms with Crippen molar-refractivity contribution in [3.05, 3.63) is 0 Å². The Morgan fingerprint density at radius 1 is 0.304 bits per heavy atom. The summed E-state index contributed by atoms with van der Waals surface area (Å²) in [7, 11) is 0. The smallest absolute Gasteiger partial charge is 0.187 e. The van der Waals surface area contributed by atoms with Crippen molar-refractivity contribution in [3.63, 3.8) is 0 Å². The van der Waals surface area contributed by atoms with Crippen LogP contribution in [0.3, 0.4) is 0 Å². The number of ether oxygens (including phenoxy) is 9. The van der Waals surface area contributed by atoms with E-state index in [0.717, 1.165) is 0 Å². The SMILES string of the molecule is CC1OC(CO)C(OC2OC(CO)C(OC3OC(CO)C(OC4OC(CO)C(OC5OC(CO)C(O)C(O)C5O)C(O)C4O)C(O)C3O)C(O)C2O)C(O)C1O. The van der Waals surface area contributed by atoms with Crippen molar-refractivity contribution in [3.8, 4) is 0 Å². The zero-order valence-corrected chi connectivity index (χ0v) is 29.8. The number of rotatable bonds is 13. The van der Waals surface area contributed by atoms with E-state index < -0.39 is 186 Å². The molecule has 0 amide bonds. The Balaban J connectivity index is 1.22. The van der Waals surface area contributed by atoms with Crippen LogP contribution in [0.4, 0.5) is 0 Å². The van der Waals surface area contributed by atoms with E-state index >= 15 is 0 Å². The molecule has 0 radical (unpaired) electrons. The van der Waals surface area contributed by atoms with E-state index in [-0.39, 0.29) is 0 Å². The minimum atomic E-state index is -2.09. The van der Waals surface area contributed by atoms with Crippen molar-refractivity contribution in [2.75, 3.05) is 33.0 Å². The highest BCUT2D eigenvalue weighted by Gasteiger charge is 2.56. The molecule has 0 aromatic carbocycles. The third-order valence-corrected chi connectivity index (χ3v) is 10.6. The maximum atomic E-state index is 11.1. The van der Waals surface area contributed by atoms with Gasteiger partial charge in [-0.25, -0.2) is 0 Å². The topological polar surface area (TPSA) is 407 Å². The lowest BCUT2D eigenvalue weighted by molar-refractivity contribution is -0.391. The van der Waals surface area contributed by atoms with Crippen LogP contribution in [0.1, 0.15) is 6.92 Å². The third kappa shape index (κ3) is 9.17. The van der Waals surface area contributed by atoms with Crippen molar-refractivity contribution in [2.45, 2.75) is 160 Å². The lowest BCUT2D eigenvalue weighted by atomic mass is 9.94. The molecule has 5 saturated heterocycles. The minimum Gasteiger partial charge on any atom is -0.394 e. The molecule has 328 valence electrons. The van der Waals surface area contributed by atoms with Crippen LogP contribution in [0.2, 0.25) is 0 Å². The average Bonchev–Trinajstić information content (AvgIpc) is 3.19. The van der Waals surface area contributed by atoms with Crippen LogP contribution in [0.15, 0.2) is 0 Å². The second-order valence-electron chi connectivity index (χ2n) is 14.3. The van der Waals surface area contributed by atoms with Crippen LogP contribution >= 0.6 is 0 Å². The molecule has 5 heterocycles. The summed E-state index contributed by atoms with van der Waals surface area (Å²) in [6.07, 6.45) is -43.2. The molecule has 25 unspecified atom stereocenters. The van der Waals surface area contributed by atoms with Crippen LogP contribution in [-0.4, -0.2) is 268 Å². The lowest BCUT2D eigenvalue weighted by Crippen LogP contribution is -2.68. The van der Waals surface area contributed by atoms with Crippen molar-refractivity contribution < 1.29 is 124 Å². The summed E-state index contributed by atoms with van der Waals surface area (Å²) < 4.78 is 49.8. The Bertz CT molecular complexity index is 1200. The molecule has 0 aromatic heterocycles. The summed E-state index contributed by atoms with van der Waals surface area (Å²) in [5.41, 5.74) is 0. The van der Waals surface area contributed by atoms with Gasteiger partial charge in [-0.1, -0.05) is 0 Å². The first-order valence-corrected chi connectivity index (χ1v) is 17.9. The highest BCUT2D eigenvalue weighted by Crippen LogP contribution is 2.35. The zero-order chi connectivity index (χ0) is 41.3. The molecule has 0 bridgehead atoms. The molecular weight excluding hydrogens is 772 g/mol. The fraction of sp³-hybridized carbons (Fsp3) is 1.00. The normalized spacial score (nSPS) is 53.2. The predicted octanol–water partition coefficient (Wildman–Crippen LogP) is -10.9. The highest BCUT2D eigenvalue weighted by molar-refractivity contribution is 4.99. The third-order valence-electron chi connectivity index (χ3n) is 10.6. The van der Waals surface area contributed by atoms with Gasteiger partial charge in [0.1, 0.15) is 122 Å². The fourth-order valence-electron chi connectivity index (χ4n) is 7.24. The largest absolute Gasteiger partial charge is 0.394 e. The van der Waals surface area contributed by atoms with Crippen LogP contribution in [0.25, 0.3) is 0 Å². The molecule has 5 fully saturated rings. The Morgan fingerprint density at radius 2 is 0.554 bits per heavy atom. The molecule has 0 spiro atoms. The lowest BCUT2D eigenvalue weighted by Gasteiger charge is -2.49. The molecule has 5 aliphatic rings. The van der Waals surface area contributed by atoms with Crippen molar-refractivity contribution >= 4 is 0 Å². The summed E-state index contributed by atoms with van der Waals surface area (Å²) >= 11 is 0. The zero-order valence-electron chi connectivity index (χ0n) is 29.8. The van der Waals surface area contributed by atoms with Crippen LogP contribution in [0, 0.1) is 0 Å². The summed E-state index contributed by atoms with van der Waals surface area (Å²) in [6.45, 7) is -2.83. The Morgan fingerprint density at radius 3 is 0.857 bits per heavy atom. The van der Waals surface area contributed by atoms with Gasteiger partial charge in [0, 0.05) is 0 Å². The van der Waals surface area contributed by atoms with E-state index in [1.807, 2.05) is 0 Å². The molecule has 16 N–H and O–H groups in total. The summed E-state index contributed by atoms with van der Waals surface area (Å²) in [5.74, 6) is 0. The molecule has 0 aromatic rings. The summed E-state index contributed by atoms with van der Waals surface area (Å²) in [4.78, 5) is 0. The Kier molecular flexibility index (Phi) is 16.1. The molecular formula is C31H54O25. The molecule has 0 saturated carbocycles. The summed E-state index contributed by atoms with van der Waals surface area (Å²) in [5, 5.41) is 167. The van der Waals surface area contributed by atoms with Gasteiger partial charge in [0.15, 0.2) is 25.2 Å². The van der Waals surface area contributed by atoms with Gasteiger partial charge in [-0.05, 0) is 6.92 Å². The molecule has 5 aliphatic heterocycles. The number of aliphatic hydroxyl groups is 16. The van der Waals surface area contributed by atoms with Gasteiger partial charge in [-0.15, -0.1) is 0 Å². The van der Waals surface area contributed by atoms with Gasteiger partial charge < -0.3 is 124 Å². The maximum Gasteiger partial charge on any atom is 0.187 e. The van der Waals surface area contributed by atoms with E-state index in [9.17, 15) is 81.7 Å². The molecule has 25 atom stereocenters. The van der Waals surface area contributed by atoms with Crippen LogP contribution in [-0.2, 0) is 42.6 Å². The van der Waals surface area contributed by atoms with Crippen molar-refractivity contribution in [1.29, 1.82) is 0 Å². The van der Waals surface area contributed by atoms with E-state index in [2.05, 4.69) is 0 Å². The van der Waals surface area contributed by atoms with Crippen LogP contribution < -0.4 is 0 Å².